The lowest BCUT2D eigenvalue weighted by Crippen LogP contribution is -2.41. The van der Waals surface area contributed by atoms with Gasteiger partial charge in [-0.3, -0.25) is 9.18 Å². The van der Waals surface area contributed by atoms with Crippen LogP contribution in [0.1, 0.15) is 99.3 Å². The number of hydroxylamine groups is 2. The molecule has 0 aromatic rings. The smallest absolute Gasteiger partial charge is 0.398 e. The number of carbonyl (C=O) groups is 1. The lowest BCUT2D eigenvalue weighted by molar-refractivity contribution is -0.150. The summed E-state index contributed by atoms with van der Waals surface area (Å²) >= 11 is 0. The Morgan fingerprint density at radius 1 is 0.978 bits per heavy atom. The van der Waals surface area contributed by atoms with Crippen LogP contribution in [-0.4, -0.2) is 71.6 Å². The molecule has 10 heteroatoms. The number of rotatable bonds is 25. The van der Waals surface area contributed by atoms with Gasteiger partial charge in [0.2, 0.25) is 5.91 Å². The van der Waals surface area contributed by atoms with Gasteiger partial charge in [-0.15, -0.1) is 5.06 Å². The molecule has 264 valence electrons. The van der Waals surface area contributed by atoms with Crippen molar-refractivity contribution in [3.05, 3.63) is 48.8 Å². The van der Waals surface area contributed by atoms with Crippen molar-refractivity contribution in [1.29, 1.82) is 0 Å². The number of unbranched alkanes of at least 4 members (excludes halogenated alkanes) is 4. The zero-order valence-electron chi connectivity index (χ0n) is 28.9. The highest BCUT2D eigenvalue weighted by atomic mass is 19.4. The molecule has 0 aliphatic carbocycles. The minimum absolute atomic E-state index is 0.0465. The third-order valence-electron chi connectivity index (χ3n) is 7.60. The van der Waals surface area contributed by atoms with Crippen LogP contribution in [0.2, 0.25) is 0 Å². The molecule has 0 aromatic carbocycles. The van der Waals surface area contributed by atoms with Crippen LogP contribution in [0.4, 0.5) is 17.6 Å². The van der Waals surface area contributed by atoms with Crippen LogP contribution in [0.15, 0.2) is 48.8 Å². The summed E-state index contributed by atoms with van der Waals surface area (Å²) in [4.78, 5) is 21.2. The van der Waals surface area contributed by atoms with Gasteiger partial charge in [0, 0.05) is 25.7 Å². The van der Waals surface area contributed by atoms with Crippen molar-refractivity contribution in [2.75, 3.05) is 32.9 Å². The van der Waals surface area contributed by atoms with Gasteiger partial charge >= 0.3 is 6.18 Å². The van der Waals surface area contributed by atoms with Gasteiger partial charge in [-0.1, -0.05) is 75.5 Å². The van der Waals surface area contributed by atoms with Gasteiger partial charge in [0.1, 0.15) is 12.8 Å². The van der Waals surface area contributed by atoms with Crippen molar-refractivity contribution in [3.8, 4) is 12.0 Å². The molecule has 3 atom stereocenters. The van der Waals surface area contributed by atoms with Crippen LogP contribution in [0.5, 0.6) is 0 Å². The molecule has 1 amide bonds. The maximum Gasteiger partial charge on any atom is 0.398 e. The first kappa shape index (κ1) is 43.2. The Labute approximate surface area is 276 Å². The van der Waals surface area contributed by atoms with E-state index in [-0.39, 0.29) is 31.1 Å². The van der Waals surface area contributed by atoms with E-state index in [4.69, 9.17) is 4.84 Å². The second kappa shape index (κ2) is 25.3. The molecule has 0 aromatic heterocycles. The molecule has 6 nitrogen and oxygen atoms in total. The van der Waals surface area contributed by atoms with Crippen LogP contribution in [-0.2, 0) is 9.63 Å². The number of carbonyl (C=O) groups excluding carboxylic acids is 1. The van der Waals surface area contributed by atoms with Gasteiger partial charge in [-0.2, -0.15) is 13.2 Å². The number of halogens is 4. The van der Waals surface area contributed by atoms with E-state index >= 15 is 0 Å². The monoisotopic (exact) mass is 657 g/mol. The fraction of sp³-hybridized carbons (Fsp3) is 0.694. The number of aliphatic hydroxyl groups is 1. The number of hydrogen-bond acceptors (Lipinski definition) is 5. The molecular formula is C36H59F4N3O3. The van der Waals surface area contributed by atoms with Crippen molar-refractivity contribution in [2.24, 2.45) is 11.8 Å². The molecule has 0 aliphatic rings. The van der Waals surface area contributed by atoms with Gasteiger partial charge in [-0.05, 0) is 78.2 Å². The summed E-state index contributed by atoms with van der Waals surface area (Å²) in [5.74, 6) is 1.19. The molecule has 0 rings (SSSR count). The molecule has 3 unspecified atom stereocenters. The van der Waals surface area contributed by atoms with Gasteiger partial charge in [0.05, 0.1) is 24.2 Å². The van der Waals surface area contributed by atoms with Crippen LogP contribution < -0.4 is 5.32 Å². The highest BCUT2D eigenvalue weighted by Crippen LogP contribution is 2.28. The number of hydrogen-bond donors (Lipinski definition) is 2. The summed E-state index contributed by atoms with van der Waals surface area (Å²) in [6, 6.07) is 2.41. The molecular weight excluding hydrogens is 598 g/mol. The predicted molar refractivity (Wildman–Crippen MR) is 180 cm³/mol. The highest BCUT2D eigenvalue weighted by Gasteiger charge is 2.35. The molecule has 0 heterocycles. The maximum atomic E-state index is 13.4. The zero-order valence-corrected chi connectivity index (χ0v) is 28.9. The first-order chi connectivity index (χ1) is 21.8. The van der Waals surface area contributed by atoms with Gasteiger partial charge in [0.15, 0.2) is 0 Å². The van der Waals surface area contributed by atoms with Crippen molar-refractivity contribution >= 4 is 5.91 Å². The fourth-order valence-corrected chi connectivity index (χ4v) is 4.35. The van der Waals surface area contributed by atoms with Crippen LogP contribution in [0.3, 0.4) is 0 Å². The fourth-order valence-electron chi connectivity index (χ4n) is 4.35. The molecule has 0 bridgehead atoms. The van der Waals surface area contributed by atoms with E-state index in [1.54, 1.807) is 51.0 Å². The van der Waals surface area contributed by atoms with E-state index in [0.29, 0.717) is 32.5 Å². The molecule has 0 saturated heterocycles. The Morgan fingerprint density at radius 2 is 1.65 bits per heavy atom. The Morgan fingerprint density at radius 3 is 2.26 bits per heavy atom. The lowest BCUT2D eigenvalue weighted by atomic mass is 9.89. The van der Waals surface area contributed by atoms with Gasteiger partial charge < -0.3 is 20.2 Å². The zero-order chi connectivity index (χ0) is 34.8. The lowest BCUT2D eigenvalue weighted by Gasteiger charge is -2.29. The number of nitrogens with one attached hydrogen (secondary N) is 1. The van der Waals surface area contributed by atoms with Gasteiger partial charge in [-0.25, -0.2) is 0 Å². The van der Waals surface area contributed by atoms with Crippen LogP contribution in [0.25, 0.3) is 0 Å². The van der Waals surface area contributed by atoms with Crippen molar-refractivity contribution in [1.82, 2.24) is 15.3 Å². The standard InChI is InChI=1S/C36H59F4N3O3/c1-7-10-26-42(27-18-20-31(4)35(5,6)45)34(44)30-43(28-17-12-11-16-24-37)46-29-23-33(41-25-9-3)22-15-13-14-21-32(19-8-2)36(38,39)40/h8,14-15,19,21-23,29,31-33,41,45H,7,10-13,16-18,20,24,26-28,30H2,1-6H3/b19-8-,21-14?,22-15+,29-23?. The molecule has 0 spiro atoms. The Balaban J connectivity index is 5.53. The normalized spacial score (nSPS) is 14.7. The molecule has 0 fully saturated rings. The Hall–Kier alpha value is -2.77. The topological polar surface area (TPSA) is 65.0 Å². The third-order valence-corrected chi connectivity index (χ3v) is 7.60. The quantitative estimate of drug-likeness (QED) is 0.0197. The van der Waals surface area contributed by atoms with Crippen LogP contribution in [0, 0.1) is 23.8 Å². The largest absolute Gasteiger partial charge is 0.414 e. The van der Waals surface area contributed by atoms with Crippen LogP contribution >= 0.6 is 0 Å². The minimum Gasteiger partial charge on any atom is -0.414 e. The predicted octanol–water partition coefficient (Wildman–Crippen LogP) is 8.28. The van der Waals surface area contributed by atoms with Crippen molar-refractivity contribution in [2.45, 2.75) is 117 Å². The highest BCUT2D eigenvalue weighted by molar-refractivity contribution is 5.78. The van der Waals surface area contributed by atoms with Crippen molar-refractivity contribution in [3.63, 3.8) is 0 Å². The first-order valence-corrected chi connectivity index (χ1v) is 16.6. The SMILES string of the molecule is CC#CNC(C=CON(CCCCCCF)CC(=O)N(CCCC)CCCC(C)C(C)(C)O)/C=C/CC=CC(/C=C\C)C(F)(F)F. The summed E-state index contributed by atoms with van der Waals surface area (Å²) in [7, 11) is 0. The molecule has 0 radical (unpaired) electrons. The van der Waals surface area contributed by atoms with E-state index < -0.39 is 17.7 Å². The first-order valence-electron chi connectivity index (χ1n) is 16.6. The molecule has 46 heavy (non-hydrogen) atoms. The second-order valence-corrected chi connectivity index (χ2v) is 12.1. The minimum atomic E-state index is -4.34. The van der Waals surface area contributed by atoms with E-state index in [1.165, 1.54) is 18.4 Å². The molecule has 0 aliphatic heterocycles. The average molecular weight is 658 g/mol. The summed E-state index contributed by atoms with van der Waals surface area (Å²) in [5, 5.41) is 14.9. The van der Waals surface area contributed by atoms with E-state index in [2.05, 4.69) is 24.2 Å². The summed E-state index contributed by atoms with van der Waals surface area (Å²) in [6.07, 6.45) is 14.0. The number of amides is 1. The van der Waals surface area contributed by atoms with Crippen molar-refractivity contribution < 1.29 is 32.3 Å². The van der Waals surface area contributed by atoms with Gasteiger partial charge in [0.25, 0.3) is 0 Å². The average Bonchev–Trinajstić information content (AvgIpc) is 2.98. The van der Waals surface area contributed by atoms with E-state index in [0.717, 1.165) is 57.1 Å². The Bertz CT molecular complexity index is 978. The molecule has 0 saturated carbocycles. The number of allylic oxidation sites excluding steroid dienone is 5. The maximum absolute atomic E-state index is 13.4. The molecule has 2 N–H and O–H groups in total. The third kappa shape index (κ3) is 21.9. The van der Waals surface area contributed by atoms with E-state index in [1.807, 2.05) is 11.8 Å². The summed E-state index contributed by atoms with van der Waals surface area (Å²) in [5.41, 5.74) is -0.777. The number of alkyl halides is 4. The number of nitrogens with zero attached hydrogens (tertiary/aromatic N) is 2. The second-order valence-electron chi connectivity index (χ2n) is 12.1. The summed E-state index contributed by atoms with van der Waals surface area (Å²) in [6.45, 7) is 12.4. The summed E-state index contributed by atoms with van der Waals surface area (Å²) < 4.78 is 51.9. The van der Waals surface area contributed by atoms with E-state index in [9.17, 15) is 27.5 Å². The Kier molecular flexibility index (Phi) is 23.8.